The van der Waals surface area contributed by atoms with E-state index in [1.54, 1.807) is 0 Å². The maximum Gasteiger partial charge on any atom is 0.0341 e. The lowest BCUT2D eigenvalue weighted by Gasteiger charge is -2.20. The SMILES string of the molecule is ClC(CN1CCCC1)=C1CCNCC1. The van der Waals surface area contributed by atoms with Gasteiger partial charge in [-0.25, -0.2) is 0 Å². The highest BCUT2D eigenvalue weighted by Gasteiger charge is 2.15. The van der Waals surface area contributed by atoms with Crippen LogP contribution in [0, 0.1) is 0 Å². The summed E-state index contributed by atoms with van der Waals surface area (Å²) in [7, 11) is 0. The first kappa shape index (κ1) is 10.5. The van der Waals surface area contributed by atoms with Crippen LogP contribution in [0.2, 0.25) is 0 Å². The highest BCUT2D eigenvalue weighted by Crippen LogP contribution is 2.21. The molecule has 0 bridgehead atoms. The van der Waals surface area contributed by atoms with Gasteiger partial charge in [0.25, 0.3) is 0 Å². The van der Waals surface area contributed by atoms with Crippen LogP contribution >= 0.6 is 11.6 Å². The van der Waals surface area contributed by atoms with Crippen LogP contribution in [0.3, 0.4) is 0 Å². The smallest absolute Gasteiger partial charge is 0.0341 e. The van der Waals surface area contributed by atoms with E-state index >= 15 is 0 Å². The van der Waals surface area contributed by atoms with Crippen molar-refractivity contribution in [2.45, 2.75) is 25.7 Å². The Morgan fingerprint density at radius 2 is 1.86 bits per heavy atom. The Balaban J connectivity index is 1.88. The van der Waals surface area contributed by atoms with E-state index in [0.717, 1.165) is 37.5 Å². The molecule has 0 aromatic rings. The van der Waals surface area contributed by atoms with E-state index in [-0.39, 0.29) is 0 Å². The molecule has 3 heteroatoms. The Hall–Kier alpha value is -0.0500. The third-order valence-electron chi connectivity index (χ3n) is 3.15. The number of nitrogens with one attached hydrogen (secondary N) is 1. The van der Waals surface area contributed by atoms with Crippen molar-refractivity contribution in [3.05, 3.63) is 10.6 Å². The van der Waals surface area contributed by atoms with Gasteiger partial charge in [-0.15, -0.1) is 0 Å². The van der Waals surface area contributed by atoms with Gasteiger partial charge in [0.15, 0.2) is 0 Å². The second kappa shape index (κ2) is 5.15. The minimum atomic E-state index is 0.997. The number of piperidine rings is 1. The summed E-state index contributed by atoms with van der Waals surface area (Å²) in [5.41, 5.74) is 1.48. The summed E-state index contributed by atoms with van der Waals surface area (Å²) >= 11 is 6.35. The predicted molar refractivity (Wildman–Crippen MR) is 60.7 cm³/mol. The Labute approximate surface area is 91.3 Å². The normalized spacial score (nSPS) is 24.2. The Morgan fingerprint density at radius 3 is 2.50 bits per heavy atom. The molecular weight excluding hydrogens is 196 g/mol. The van der Waals surface area contributed by atoms with E-state index < -0.39 is 0 Å². The Kier molecular flexibility index (Phi) is 3.85. The number of hydrogen-bond acceptors (Lipinski definition) is 2. The zero-order chi connectivity index (χ0) is 9.80. The van der Waals surface area contributed by atoms with E-state index in [2.05, 4.69) is 10.2 Å². The van der Waals surface area contributed by atoms with Crippen LogP contribution in [0.1, 0.15) is 25.7 Å². The summed E-state index contributed by atoms with van der Waals surface area (Å²) in [5.74, 6) is 0. The summed E-state index contributed by atoms with van der Waals surface area (Å²) in [6, 6.07) is 0. The van der Waals surface area contributed by atoms with E-state index in [4.69, 9.17) is 11.6 Å². The minimum Gasteiger partial charge on any atom is -0.316 e. The molecule has 0 atom stereocenters. The van der Waals surface area contributed by atoms with Crippen LogP contribution in [-0.4, -0.2) is 37.6 Å². The topological polar surface area (TPSA) is 15.3 Å². The molecule has 0 aliphatic carbocycles. The number of hydrogen-bond donors (Lipinski definition) is 1. The van der Waals surface area contributed by atoms with E-state index in [0.29, 0.717) is 0 Å². The van der Waals surface area contributed by atoms with Gasteiger partial charge in [0.05, 0.1) is 0 Å². The minimum absolute atomic E-state index is 0.997. The van der Waals surface area contributed by atoms with Crippen molar-refractivity contribution in [2.24, 2.45) is 0 Å². The van der Waals surface area contributed by atoms with Crippen molar-refractivity contribution in [1.29, 1.82) is 0 Å². The molecule has 2 aliphatic heterocycles. The first-order valence-electron chi connectivity index (χ1n) is 5.66. The van der Waals surface area contributed by atoms with Gasteiger partial charge in [-0.05, 0) is 51.9 Å². The molecule has 2 rings (SSSR count). The molecule has 0 aromatic heterocycles. The van der Waals surface area contributed by atoms with E-state index in [9.17, 15) is 0 Å². The molecule has 2 fully saturated rings. The summed E-state index contributed by atoms with van der Waals surface area (Å²) < 4.78 is 0. The molecule has 0 aromatic carbocycles. The maximum absolute atomic E-state index is 6.35. The van der Waals surface area contributed by atoms with Crippen LogP contribution in [0.25, 0.3) is 0 Å². The molecule has 0 amide bonds. The average molecular weight is 215 g/mol. The van der Waals surface area contributed by atoms with Gasteiger partial charge in [-0.2, -0.15) is 0 Å². The van der Waals surface area contributed by atoms with Crippen molar-refractivity contribution >= 4 is 11.6 Å². The highest BCUT2D eigenvalue weighted by molar-refractivity contribution is 6.30. The molecule has 2 aliphatic rings. The second-order valence-electron chi connectivity index (χ2n) is 4.24. The zero-order valence-corrected chi connectivity index (χ0v) is 9.45. The number of rotatable bonds is 2. The van der Waals surface area contributed by atoms with Gasteiger partial charge >= 0.3 is 0 Å². The second-order valence-corrected chi connectivity index (χ2v) is 4.70. The highest BCUT2D eigenvalue weighted by atomic mass is 35.5. The Bertz CT molecular complexity index is 211. The van der Waals surface area contributed by atoms with Crippen LogP contribution in [-0.2, 0) is 0 Å². The van der Waals surface area contributed by atoms with Crippen LogP contribution in [0.5, 0.6) is 0 Å². The maximum atomic E-state index is 6.35. The fourth-order valence-electron chi connectivity index (χ4n) is 2.25. The van der Waals surface area contributed by atoms with Gasteiger partial charge in [0.1, 0.15) is 0 Å². The quantitative estimate of drug-likeness (QED) is 0.756. The number of likely N-dealkylation sites (tertiary alicyclic amines) is 1. The van der Waals surface area contributed by atoms with Crippen LogP contribution in [0.15, 0.2) is 10.6 Å². The lowest BCUT2D eigenvalue weighted by molar-refractivity contribution is 0.372. The lowest BCUT2D eigenvalue weighted by atomic mass is 10.1. The molecular formula is C11H19ClN2. The van der Waals surface area contributed by atoms with Crippen molar-refractivity contribution in [3.63, 3.8) is 0 Å². The third kappa shape index (κ3) is 2.72. The molecule has 2 nitrogen and oxygen atoms in total. The summed E-state index contributed by atoms with van der Waals surface area (Å²) in [5, 5.41) is 4.48. The molecule has 80 valence electrons. The van der Waals surface area contributed by atoms with Gasteiger partial charge in [-0.3, -0.25) is 4.90 Å². The largest absolute Gasteiger partial charge is 0.316 e. The Morgan fingerprint density at radius 1 is 1.21 bits per heavy atom. The van der Waals surface area contributed by atoms with Gasteiger partial charge in [0, 0.05) is 11.6 Å². The van der Waals surface area contributed by atoms with Crippen molar-refractivity contribution in [2.75, 3.05) is 32.7 Å². The van der Waals surface area contributed by atoms with E-state index in [1.165, 1.54) is 31.5 Å². The average Bonchev–Trinajstić information content (AvgIpc) is 2.72. The van der Waals surface area contributed by atoms with Gasteiger partial charge in [0.2, 0.25) is 0 Å². The standard InChI is InChI=1S/C11H19ClN2/c12-11(9-14-7-1-2-8-14)10-3-5-13-6-4-10/h13H,1-9H2. The fraction of sp³-hybridized carbons (Fsp3) is 0.818. The van der Waals surface area contributed by atoms with Crippen LogP contribution in [0.4, 0.5) is 0 Å². The number of nitrogens with zero attached hydrogens (tertiary/aromatic N) is 1. The molecule has 0 unspecified atom stereocenters. The molecule has 0 radical (unpaired) electrons. The molecule has 2 saturated heterocycles. The first-order chi connectivity index (χ1) is 6.86. The molecule has 2 heterocycles. The van der Waals surface area contributed by atoms with E-state index in [1.807, 2.05) is 0 Å². The van der Waals surface area contributed by atoms with Crippen molar-refractivity contribution in [3.8, 4) is 0 Å². The monoisotopic (exact) mass is 214 g/mol. The molecule has 0 saturated carbocycles. The van der Waals surface area contributed by atoms with Gasteiger partial charge < -0.3 is 5.32 Å². The van der Waals surface area contributed by atoms with Crippen molar-refractivity contribution in [1.82, 2.24) is 10.2 Å². The zero-order valence-electron chi connectivity index (χ0n) is 8.69. The summed E-state index contributed by atoms with van der Waals surface area (Å²) in [4.78, 5) is 2.47. The predicted octanol–water partition coefficient (Wildman–Crippen LogP) is 1.96. The first-order valence-corrected chi connectivity index (χ1v) is 6.03. The number of halogens is 1. The molecule has 1 N–H and O–H groups in total. The summed E-state index contributed by atoms with van der Waals surface area (Å²) in [6.07, 6.45) is 4.99. The van der Waals surface area contributed by atoms with Crippen LogP contribution < -0.4 is 5.32 Å². The van der Waals surface area contributed by atoms with Crippen molar-refractivity contribution < 1.29 is 0 Å². The summed E-state index contributed by atoms with van der Waals surface area (Å²) in [6.45, 7) is 5.68. The molecule has 0 spiro atoms. The van der Waals surface area contributed by atoms with Gasteiger partial charge in [-0.1, -0.05) is 17.2 Å². The lowest BCUT2D eigenvalue weighted by Crippen LogP contribution is -2.26. The third-order valence-corrected chi connectivity index (χ3v) is 3.54. The molecule has 14 heavy (non-hydrogen) atoms. The fourth-order valence-corrected chi connectivity index (χ4v) is 2.61.